The van der Waals surface area contributed by atoms with Crippen LogP contribution in [-0.2, 0) is 9.59 Å². The molecule has 0 aliphatic carbocycles. The van der Waals surface area contributed by atoms with Crippen molar-refractivity contribution in [1.29, 1.82) is 0 Å². The molecular formula is C11H6Cl2N2O3. The van der Waals surface area contributed by atoms with E-state index in [4.69, 9.17) is 23.2 Å². The summed E-state index contributed by atoms with van der Waals surface area (Å²) in [5.74, 6) is -1.86. The van der Waals surface area contributed by atoms with Crippen LogP contribution in [0.15, 0.2) is 40.4 Å². The van der Waals surface area contributed by atoms with Gasteiger partial charge in [0.1, 0.15) is 10.1 Å². The highest BCUT2D eigenvalue weighted by molar-refractivity contribution is 6.59. The Kier molecular flexibility index (Phi) is 3.36. The number of urea groups is 1. The number of carbonyl (C=O) groups is 3. The first-order valence-electron chi connectivity index (χ1n) is 4.82. The minimum Gasteiger partial charge on any atom is -0.307 e. The molecule has 0 atom stereocenters. The molecular weight excluding hydrogens is 279 g/mol. The topological polar surface area (TPSA) is 66.5 Å². The molecule has 1 aliphatic heterocycles. The van der Waals surface area contributed by atoms with E-state index >= 15 is 0 Å². The molecule has 4 amide bonds. The van der Waals surface area contributed by atoms with Gasteiger partial charge in [0.25, 0.3) is 11.8 Å². The van der Waals surface area contributed by atoms with E-state index in [2.05, 4.69) is 5.32 Å². The number of nitrogens with one attached hydrogen (secondary N) is 1. The largest absolute Gasteiger partial charge is 0.336 e. The number of hydrogen-bond donors (Lipinski definition) is 1. The summed E-state index contributed by atoms with van der Waals surface area (Å²) in [6.45, 7) is 0. The molecule has 1 aromatic rings. The second-order valence-corrected chi connectivity index (χ2v) is 4.13. The minimum absolute atomic E-state index is 0.359. The second kappa shape index (κ2) is 4.80. The maximum Gasteiger partial charge on any atom is 0.336 e. The molecule has 2 rings (SSSR count). The van der Waals surface area contributed by atoms with Crippen LogP contribution in [0.25, 0.3) is 0 Å². The third kappa shape index (κ3) is 2.10. The van der Waals surface area contributed by atoms with E-state index in [0.717, 1.165) is 0 Å². The summed E-state index contributed by atoms with van der Waals surface area (Å²) in [5.41, 5.74) is 0.447. The monoisotopic (exact) mass is 284 g/mol. The van der Waals surface area contributed by atoms with Crippen LogP contribution in [0.3, 0.4) is 0 Å². The van der Waals surface area contributed by atoms with E-state index in [0.29, 0.717) is 10.6 Å². The minimum atomic E-state index is -0.930. The Morgan fingerprint density at radius 2 is 1.50 bits per heavy atom. The first-order chi connectivity index (χ1) is 8.52. The molecule has 1 N–H and O–H groups in total. The quantitative estimate of drug-likeness (QED) is 0.805. The molecule has 0 saturated heterocycles. The van der Waals surface area contributed by atoms with Crippen LogP contribution in [-0.4, -0.2) is 22.7 Å². The fourth-order valence-electron chi connectivity index (χ4n) is 1.36. The summed E-state index contributed by atoms with van der Waals surface area (Å²) in [6.07, 6.45) is 0. The average Bonchev–Trinajstić information content (AvgIpc) is 2.55. The van der Waals surface area contributed by atoms with E-state index in [1.807, 2.05) is 0 Å². The van der Waals surface area contributed by atoms with E-state index < -0.39 is 27.9 Å². The van der Waals surface area contributed by atoms with Gasteiger partial charge in [0, 0.05) is 5.69 Å². The summed E-state index contributed by atoms with van der Waals surface area (Å²) in [4.78, 5) is 35.2. The van der Waals surface area contributed by atoms with Crippen molar-refractivity contribution in [2.75, 3.05) is 5.32 Å². The van der Waals surface area contributed by atoms with E-state index in [1.165, 1.54) is 0 Å². The Morgan fingerprint density at radius 3 is 2.00 bits per heavy atom. The molecule has 92 valence electrons. The summed E-state index contributed by atoms with van der Waals surface area (Å²) in [5, 5.41) is 1.48. The smallest absolute Gasteiger partial charge is 0.307 e. The van der Waals surface area contributed by atoms with Crippen LogP contribution in [0.5, 0.6) is 0 Å². The lowest BCUT2D eigenvalue weighted by atomic mass is 10.3. The summed E-state index contributed by atoms with van der Waals surface area (Å²) in [7, 11) is 0. The van der Waals surface area contributed by atoms with Crippen LogP contribution in [0.2, 0.25) is 0 Å². The predicted molar refractivity (Wildman–Crippen MR) is 66.0 cm³/mol. The van der Waals surface area contributed by atoms with Crippen molar-refractivity contribution < 1.29 is 14.4 Å². The van der Waals surface area contributed by atoms with Crippen LogP contribution < -0.4 is 5.32 Å². The van der Waals surface area contributed by atoms with Crippen LogP contribution >= 0.6 is 23.2 Å². The SMILES string of the molecule is O=C(Nc1ccccc1)N1C(=O)C(Cl)=C(Cl)C1=O. The predicted octanol–water partition coefficient (Wildman–Crippen LogP) is 2.28. The number of amides is 4. The standard InChI is InChI=1S/C11H6Cl2N2O3/c12-7-8(13)10(17)15(9(7)16)11(18)14-6-4-2-1-3-5-6/h1-5H,(H,14,18). The van der Waals surface area contributed by atoms with Crippen LogP contribution in [0.1, 0.15) is 0 Å². The van der Waals surface area contributed by atoms with Crippen LogP contribution in [0.4, 0.5) is 10.5 Å². The van der Waals surface area contributed by atoms with E-state index in [-0.39, 0.29) is 0 Å². The van der Waals surface area contributed by atoms with Crippen molar-refractivity contribution in [3.05, 3.63) is 40.4 Å². The van der Waals surface area contributed by atoms with Gasteiger partial charge >= 0.3 is 6.03 Å². The maximum absolute atomic E-state index is 11.8. The highest BCUT2D eigenvalue weighted by Gasteiger charge is 2.41. The van der Waals surface area contributed by atoms with Crippen molar-refractivity contribution in [3.8, 4) is 0 Å². The second-order valence-electron chi connectivity index (χ2n) is 3.37. The van der Waals surface area contributed by atoms with Crippen molar-refractivity contribution in [3.63, 3.8) is 0 Å². The van der Waals surface area contributed by atoms with Gasteiger partial charge in [-0.3, -0.25) is 9.59 Å². The highest BCUT2D eigenvalue weighted by Crippen LogP contribution is 2.27. The molecule has 1 aliphatic rings. The van der Waals surface area contributed by atoms with Gasteiger partial charge in [0.05, 0.1) is 0 Å². The third-order valence-corrected chi connectivity index (χ3v) is 3.00. The number of para-hydroxylation sites is 1. The zero-order chi connectivity index (χ0) is 13.3. The fourth-order valence-corrected chi connectivity index (χ4v) is 1.69. The molecule has 18 heavy (non-hydrogen) atoms. The Balaban J connectivity index is 2.17. The number of hydrogen-bond acceptors (Lipinski definition) is 3. The van der Waals surface area contributed by atoms with Crippen molar-refractivity contribution in [2.45, 2.75) is 0 Å². The van der Waals surface area contributed by atoms with Gasteiger partial charge in [-0.15, -0.1) is 0 Å². The summed E-state index contributed by atoms with van der Waals surface area (Å²) < 4.78 is 0. The van der Waals surface area contributed by atoms with E-state index in [9.17, 15) is 14.4 Å². The zero-order valence-corrected chi connectivity index (χ0v) is 10.3. The number of nitrogens with zero attached hydrogens (tertiary/aromatic N) is 1. The molecule has 0 fully saturated rings. The lowest BCUT2D eigenvalue weighted by Gasteiger charge is -2.13. The molecule has 0 aromatic heterocycles. The van der Waals surface area contributed by atoms with Gasteiger partial charge < -0.3 is 5.32 Å². The van der Waals surface area contributed by atoms with Gasteiger partial charge in [-0.1, -0.05) is 41.4 Å². The number of imide groups is 3. The van der Waals surface area contributed by atoms with Crippen LogP contribution in [0, 0.1) is 0 Å². The fraction of sp³-hybridized carbons (Fsp3) is 0. The Morgan fingerprint density at radius 1 is 1.00 bits per heavy atom. The maximum atomic E-state index is 11.8. The number of carbonyl (C=O) groups excluding carboxylic acids is 3. The summed E-state index contributed by atoms with van der Waals surface area (Å²) in [6, 6.07) is 7.48. The van der Waals surface area contributed by atoms with Gasteiger partial charge in [-0.2, -0.15) is 4.90 Å². The molecule has 0 radical (unpaired) electrons. The normalized spacial score (nSPS) is 15.3. The Hall–Kier alpha value is -1.85. The first kappa shape index (κ1) is 12.6. The van der Waals surface area contributed by atoms with Crippen molar-refractivity contribution >= 4 is 46.7 Å². The lowest BCUT2D eigenvalue weighted by molar-refractivity contribution is -0.133. The van der Waals surface area contributed by atoms with Crippen molar-refractivity contribution in [2.24, 2.45) is 0 Å². The van der Waals surface area contributed by atoms with Gasteiger partial charge in [0.15, 0.2) is 0 Å². The molecule has 0 spiro atoms. The number of rotatable bonds is 1. The van der Waals surface area contributed by atoms with E-state index in [1.54, 1.807) is 30.3 Å². The molecule has 1 aromatic carbocycles. The lowest BCUT2D eigenvalue weighted by Crippen LogP contribution is -2.40. The molecule has 5 nitrogen and oxygen atoms in total. The number of anilines is 1. The molecule has 0 saturated carbocycles. The third-order valence-electron chi connectivity index (χ3n) is 2.20. The highest BCUT2D eigenvalue weighted by atomic mass is 35.5. The molecule has 0 unspecified atom stereocenters. The number of halogens is 2. The molecule has 0 bridgehead atoms. The zero-order valence-electron chi connectivity index (χ0n) is 8.81. The van der Waals surface area contributed by atoms with Gasteiger partial charge in [-0.05, 0) is 12.1 Å². The average molecular weight is 285 g/mol. The van der Waals surface area contributed by atoms with Gasteiger partial charge in [0.2, 0.25) is 0 Å². The Bertz CT molecular complexity index is 545. The Labute approximate surface area is 112 Å². The first-order valence-corrected chi connectivity index (χ1v) is 5.58. The number of benzene rings is 1. The summed E-state index contributed by atoms with van der Waals surface area (Å²) >= 11 is 11.0. The van der Waals surface area contributed by atoms with Gasteiger partial charge in [-0.25, -0.2) is 4.79 Å². The molecule has 7 heteroatoms. The molecule has 1 heterocycles. The van der Waals surface area contributed by atoms with Crippen molar-refractivity contribution in [1.82, 2.24) is 4.90 Å².